The van der Waals surface area contributed by atoms with Crippen LogP contribution in [-0.2, 0) is 4.79 Å². The Balaban J connectivity index is 1.52. The van der Waals surface area contributed by atoms with Gasteiger partial charge in [-0.05, 0) is 67.3 Å². The number of hydrogen-bond donors (Lipinski definition) is 3. The van der Waals surface area contributed by atoms with Crippen LogP contribution in [0.1, 0.15) is 47.3 Å². The highest BCUT2D eigenvalue weighted by atomic mass is 16.2. The first-order chi connectivity index (χ1) is 16.5. The van der Waals surface area contributed by atoms with Gasteiger partial charge in [-0.15, -0.1) is 6.42 Å². The molecule has 0 atom stereocenters. The van der Waals surface area contributed by atoms with Crippen LogP contribution < -0.4 is 16.0 Å². The molecule has 1 aromatic heterocycles. The standard InChI is InChI=1S/C28H28N4O2/c1-2-13-30-27(33)20-9-12-23-24(16-22-14-19-5-3-4-6-25(19)31-22)28(34)32(26(23)15-20)17-18-7-10-21(29)11-8-18/h1,3-6,9,12,14-16,18,21,31H,7-8,10-11,13,17,29H2,(H,30,33)/b24-16-. The number of benzene rings is 2. The molecular formula is C28H28N4O2. The Labute approximate surface area is 199 Å². The van der Waals surface area contributed by atoms with Gasteiger partial charge in [0, 0.05) is 34.9 Å². The van der Waals surface area contributed by atoms with Crippen LogP contribution in [0.4, 0.5) is 5.69 Å². The zero-order chi connectivity index (χ0) is 23.7. The molecule has 1 aliphatic carbocycles. The largest absolute Gasteiger partial charge is 0.355 e. The average molecular weight is 453 g/mol. The second-order valence-electron chi connectivity index (χ2n) is 9.19. The summed E-state index contributed by atoms with van der Waals surface area (Å²) in [5.74, 6) is 2.53. The van der Waals surface area contributed by atoms with Gasteiger partial charge in [0.1, 0.15) is 0 Å². The Morgan fingerprint density at radius 1 is 1.18 bits per heavy atom. The van der Waals surface area contributed by atoms with Crippen LogP contribution in [0.2, 0.25) is 0 Å². The molecule has 1 fully saturated rings. The zero-order valence-corrected chi connectivity index (χ0v) is 19.0. The van der Waals surface area contributed by atoms with Crippen molar-refractivity contribution < 1.29 is 9.59 Å². The lowest BCUT2D eigenvalue weighted by Crippen LogP contribution is -2.36. The van der Waals surface area contributed by atoms with E-state index in [9.17, 15) is 9.59 Å². The SMILES string of the molecule is C#CCNC(=O)c1ccc2c(c1)N(CC1CCC(N)CC1)C(=O)/C2=C\c1cc2ccccc2[nH]1. The number of para-hydroxylation sites is 1. The molecule has 0 spiro atoms. The lowest BCUT2D eigenvalue weighted by molar-refractivity contribution is -0.113. The van der Waals surface area contributed by atoms with Gasteiger partial charge >= 0.3 is 0 Å². The van der Waals surface area contributed by atoms with E-state index in [1.54, 1.807) is 12.1 Å². The van der Waals surface area contributed by atoms with Crippen molar-refractivity contribution in [1.82, 2.24) is 10.3 Å². The molecule has 3 aromatic rings. The molecule has 0 radical (unpaired) electrons. The number of carbonyl (C=O) groups is 2. The van der Waals surface area contributed by atoms with E-state index in [1.807, 2.05) is 47.4 Å². The Morgan fingerprint density at radius 3 is 2.74 bits per heavy atom. The molecule has 1 saturated carbocycles. The fraction of sp³-hybridized carbons (Fsp3) is 0.286. The highest BCUT2D eigenvalue weighted by Crippen LogP contribution is 2.40. The van der Waals surface area contributed by atoms with Crippen molar-refractivity contribution in [1.29, 1.82) is 0 Å². The maximum atomic E-state index is 13.7. The maximum absolute atomic E-state index is 13.7. The van der Waals surface area contributed by atoms with Crippen molar-refractivity contribution in [2.75, 3.05) is 18.0 Å². The minimum atomic E-state index is -0.246. The van der Waals surface area contributed by atoms with E-state index in [-0.39, 0.29) is 24.4 Å². The number of anilines is 1. The number of amides is 2. The predicted octanol–water partition coefficient (Wildman–Crippen LogP) is 3.94. The van der Waals surface area contributed by atoms with E-state index >= 15 is 0 Å². The first-order valence-electron chi connectivity index (χ1n) is 11.8. The number of nitrogens with two attached hydrogens (primary N) is 1. The molecule has 0 saturated heterocycles. The summed E-state index contributed by atoms with van der Waals surface area (Å²) in [5.41, 5.74) is 10.7. The highest BCUT2D eigenvalue weighted by Gasteiger charge is 2.35. The number of H-pyrrole nitrogens is 1. The molecule has 6 nitrogen and oxygen atoms in total. The van der Waals surface area contributed by atoms with Crippen LogP contribution in [0.15, 0.2) is 48.5 Å². The second kappa shape index (κ2) is 9.20. The molecule has 34 heavy (non-hydrogen) atoms. The number of nitrogens with zero attached hydrogens (tertiary/aromatic N) is 1. The second-order valence-corrected chi connectivity index (χ2v) is 9.19. The summed E-state index contributed by atoms with van der Waals surface area (Å²) < 4.78 is 0. The number of aromatic amines is 1. The van der Waals surface area contributed by atoms with Crippen LogP contribution in [0.25, 0.3) is 22.6 Å². The summed E-state index contributed by atoms with van der Waals surface area (Å²) >= 11 is 0. The van der Waals surface area contributed by atoms with Gasteiger partial charge in [0.05, 0.1) is 17.8 Å². The Hall–Kier alpha value is -3.82. The fourth-order valence-corrected chi connectivity index (χ4v) is 5.01. The third-order valence-electron chi connectivity index (χ3n) is 6.85. The number of terminal acetylenes is 1. The summed E-state index contributed by atoms with van der Waals surface area (Å²) in [6, 6.07) is 15.7. The zero-order valence-electron chi connectivity index (χ0n) is 19.0. The van der Waals surface area contributed by atoms with Gasteiger partial charge in [-0.1, -0.05) is 30.2 Å². The summed E-state index contributed by atoms with van der Waals surface area (Å²) in [7, 11) is 0. The van der Waals surface area contributed by atoms with Crippen LogP contribution in [-0.4, -0.2) is 35.9 Å². The van der Waals surface area contributed by atoms with E-state index in [2.05, 4.69) is 16.2 Å². The van der Waals surface area contributed by atoms with Crippen LogP contribution in [0, 0.1) is 18.3 Å². The molecule has 0 unspecified atom stereocenters. The molecule has 2 aliphatic rings. The van der Waals surface area contributed by atoms with E-state index in [1.165, 1.54) is 0 Å². The number of hydrogen-bond acceptors (Lipinski definition) is 3. The summed E-state index contributed by atoms with van der Waals surface area (Å²) in [5, 5.41) is 3.80. The topological polar surface area (TPSA) is 91.2 Å². The van der Waals surface area contributed by atoms with Crippen molar-refractivity contribution in [2.24, 2.45) is 11.7 Å². The van der Waals surface area contributed by atoms with E-state index in [4.69, 9.17) is 12.2 Å². The fourth-order valence-electron chi connectivity index (χ4n) is 5.01. The molecule has 2 heterocycles. The first-order valence-corrected chi connectivity index (χ1v) is 11.8. The summed E-state index contributed by atoms with van der Waals surface area (Å²) in [6.45, 7) is 0.782. The number of rotatable bonds is 5. The summed E-state index contributed by atoms with van der Waals surface area (Å²) in [6.07, 6.45) is 11.2. The quantitative estimate of drug-likeness (QED) is 0.405. The number of fused-ring (bicyclic) bond motifs is 2. The van der Waals surface area contributed by atoms with E-state index in [0.717, 1.165) is 53.5 Å². The van der Waals surface area contributed by atoms with Crippen molar-refractivity contribution in [3.8, 4) is 12.3 Å². The molecule has 1 aliphatic heterocycles. The van der Waals surface area contributed by atoms with Gasteiger partial charge < -0.3 is 20.9 Å². The van der Waals surface area contributed by atoms with Crippen LogP contribution in [0.3, 0.4) is 0 Å². The van der Waals surface area contributed by atoms with Crippen molar-refractivity contribution in [3.63, 3.8) is 0 Å². The maximum Gasteiger partial charge on any atom is 0.259 e. The average Bonchev–Trinajstić information content (AvgIpc) is 3.37. The van der Waals surface area contributed by atoms with Crippen LogP contribution in [0.5, 0.6) is 0 Å². The number of carbonyl (C=O) groups excluding carboxylic acids is 2. The normalized spacial score (nSPS) is 21.0. The summed E-state index contributed by atoms with van der Waals surface area (Å²) in [4.78, 5) is 31.4. The monoisotopic (exact) mass is 452 g/mol. The molecule has 2 aromatic carbocycles. The first kappa shape index (κ1) is 22.0. The van der Waals surface area contributed by atoms with Gasteiger partial charge in [0.2, 0.25) is 0 Å². The van der Waals surface area contributed by atoms with Crippen molar-refractivity contribution in [2.45, 2.75) is 31.7 Å². The lowest BCUT2D eigenvalue weighted by Gasteiger charge is -2.30. The van der Waals surface area contributed by atoms with E-state index < -0.39 is 0 Å². The van der Waals surface area contributed by atoms with Gasteiger partial charge in [-0.25, -0.2) is 0 Å². The van der Waals surface area contributed by atoms with Gasteiger partial charge in [-0.2, -0.15) is 0 Å². The Morgan fingerprint density at radius 2 is 1.97 bits per heavy atom. The van der Waals surface area contributed by atoms with Crippen molar-refractivity contribution >= 4 is 40.1 Å². The van der Waals surface area contributed by atoms with E-state index in [0.29, 0.717) is 23.6 Å². The van der Waals surface area contributed by atoms with Gasteiger partial charge in [-0.3, -0.25) is 9.59 Å². The molecule has 0 bridgehead atoms. The minimum Gasteiger partial charge on any atom is -0.355 e. The number of nitrogens with one attached hydrogen (secondary N) is 2. The van der Waals surface area contributed by atoms with Gasteiger partial charge in [0.15, 0.2) is 0 Å². The Bertz CT molecular complexity index is 1290. The highest BCUT2D eigenvalue weighted by molar-refractivity contribution is 6.36. The van der Waals surface area contributed by atoms with Gasteiger partial charge in [0.25, 0.3) is 11.8 Å². The lowest BCUT2D eigenvalue weighted by atomic mass is 9.86. The molecular weight excluding hydrogens is 424 g/mol. The molecule has 6 heteroatoms. The smallest absolute Gasteiger partial charge is 0.259 e. The van der Waals surface area contributed by atoms with Crippen molar-refractivity contribution in [3.05, 3.63) is 65.4 Å². The Kier molecular flexibility index (Phi) is 5.95. The molecule has 4 N–H and O–H groups in total. The number of aromatic nitrogens is 1. The third kappa shape index (κ3) is 4.23. The molecule has 2 amide bonds. The predicted molar refractivity (Wildman–Crippen MR) is 136 cm³/mol. The molecule has 172 valence electrons. The molecule has 5 rings (SSSR count). The minimum absolute atomic E-state index is 0.0373. The van der Waals surface area contributed by atoms with Crippen LogP contribution >= 0.6 is 0 Å². The third-order valence-corrected chi connectivity index (χ3v) is 6.85.